The molecule has 0 heterocycles. The van der Waals surface area contributed by atoms with Crippen molar-refractivity contribution in [2.24, 2.45) is 5.92 Å². The lowest BCUT2D eigenvalue weighted by Crippen LogP contribution is -2.22. The highest BCUT2D eigenvalue weighted by Gasteiger charge is 2.34. The first-order valence-corrected chi connectivity index (χ1v) is 17.0. The Bertz CT molecular complexity index is 1090. The van der Waals surface area contributed by atoms with E-state index in [0.29, 0.717) is 11.8 Å². The van der Waals surface area contributed by atoms with Crippen molar-refractivity contribution in [1.82, 2.24) is 0 Å². The predicted molar refractivity (Wildman–Crippen MR) is 172 cm³/mol. The Balaban J connectivity index is 1.24. The topological polar surface area (TPSA) is 37.3 Å². The van der Waals surface area contributed by atoms with E-state index < -0.39 is 5.97 Å². The van der Waals surface area contributed by atoms with Gasteiger partial charge in [0.15, 0.2) is 0 Å². The fourth-order valence-electron chi connectivity index (χ4n) is 7.54. The second-order valence-corrected chi connectivity index (χ2v) is 13.2. The molecule has 222 valence electrons. The summed E-state index contributed by atoms with van der Waals surface area (Å²) in [6.45, 7) is 2.30. The highest BCUT2D eigenvalue weighted by molar-refractivity contribution is 5.66. The minimum Gasteiger partial charge on any atom is -0.481 e. The van der Waals surface area contributed by atoms with E-state index in [2.05, 4.69) is 67.3 Å². The van der Waals surface area contributed by atoms with Gasteiger partial charge >= 0.3 is 5.97 Å². The Kier molecular flexibility index (Phi) is 12.9. The van der Waals surface area contributed by atoms with Crippen LogP contribution in [0.15, 0.2) is 48.5 Å². The summed E-state index contributed by atoms with van der Waals surface area (Å²) in [4.78, 5) is 10.7. The van der Waals surface area contributed by atoms with E-state index in [1.54, 1.807) is 0 Å². The lowest BCUT2D eigenvalue weighted by molar-refractivity contribution is -0.137. The van der Waals surface area contributed by atoms with Gasteiger partial charge in [-0.2, -0.15) is 0 Å². The molecule has 2 saturated carbocycles. The Morgan fingerprint density at radius 3 is 1.98 bits per heavy atom. The largest absolute Gasteiger partial charge is 0.481 e. The zero-order chi connectivity index (χ0) is 28.8. The molecule has 0 aromatic heterocycles. The number of benzene rings is 2. The third-order valence-corrected chi connectivity index (χ3v) is 10.1. The molecule has 0 atom stereocenters. The minimum atomic E-state index is -0.673. The first-order chi connectivity index (χ1) is 20.1. The van der Waals surface area contributed by atoms with Crippen LogP contribution in [0.2, 0.25) is 0 Å². The first kappa shape index (κ1) is 31.4. The zero-order valence-electron chi connectivity index (χ0n) is 25.8. The van der Waals surface area contributed by atoms with Crippen LogP contribution in [0, 0.1) is 17.8 Å². The van der Waals surface area contributed by atoms with Gasteiger partial charge < -0.3 is 5.11 Å². The Morgan fingerprint density at radius 2 is 1.34 bits per heavy atom. The fourth-order valence-corrected chi connectivity index (χ4v) is 7.54. The number of carboxylic acid groups (broad SMARTS) is 1. The SMILES string of the molecule is CCCCCCC[C@H]1CC[C@H](c2ccc(C#Cc3ccc(C4(CCCCCCC(=O)O)CCCC4)cc3)cc2)CC1. The molecule has 2 nitrogen and oxygen atoms in total. The van der Waals surface area contributed by atoms with Gasteiger partial charge in [0.1, 0.15) is 0 Å². The average Bonchev–Trinajstić information content (AvgIpc) is 3.48. The number of hydrogen-bond acceptors (Lipinski definition) is 1. The van der Waals surface area contributed by atoms with Crippen molar-refractivity contribution >= 4 is 5.97 Å². The summed E-state index contributed by atoms with van der Waals surface area (Å²) < 4.78 is 0. The molecular weight excluding hydrogens is 500 g/mol. The lowest BCUT2D eigenvalue weighted by atomic mass is 9.74. The van der Waals surface area contributed by atoms with E-state index in [9.17, 15) is 4.79 Å². The molecule has 0 saturated heterocycles. The highest BCUT2D eigenvalue weighted by atomic mass is 16.4. The van der Waals surface area contributed by atoms with Gasteiger partial charge in [-0.3, -0.25) is 4.79 Å². The van der Waals surface area contributed by atoms with Crippen LogP contribution in [0.25, 0.3) is 0 Å². The van der Waals surface area contributed by atoms with Gasteiger partial charge in [-0.1, -0.05) is 114 Å². The predicted octanol–water partition coefficient (Wildman–Crippen LogP) is 11.0. The third-order valence-electron chi connectivity index (χ3n) is 10.1. The Labute approximate surface area is 250 Å². The van der Waals surface area contributed by atoms with Gasteiger partial charge in [0.05, 0.1) is 0 Å². The number of rotatable bonds is 15. The number of carbonyl (C=O) groups is 1. The van der Waals surface area contributed by atoms with Crippen molar-refractivity contribution in [2.75, 3.05) is 0 Å². The summed E-state index contributed by atoms with van der Waals surface area (Å²) >= 11 is 0. The monoisotopic (exact) mass is 554 g/mol. The van der Waals surface area contributed by atoms with Gasteiger partial charge in [-0.15, -0.1) is 0 Å². The molecule has 0 unspecified atom stereocenters. The number of unbranched alkanes of at least 4 members (excludes halogenated alkanes) is 7. The van der Waals surface area contributed by atoms with Crippen LogP contribution in [-0.4, -0.2) is 11.1 Å². The van der Waals surface area contributed by atoms with Crippen LogP contribution < -0.4 is 0 Å². The summed E-state index contributed by atoms with van der Waals surface area (Å²) in [5.41, 5.74) is 5.48. The van der Waals surface area contributed by atoms with E-state index in [1.807, 2.05) is 0 Å². The Morgan fingerprint density at radius 1 is 0.756 bits per heavy atom. The van der Waals surface area contributed by atoms with E-state index in [0.717, 1.165) is 42.2 Å². The number of aliphatic carboxylic acids is 1. The second-order valence-electron chi connectivity index (χ2n) is 13.2. The van der Waals surface area contributed by atoms with Crippen LogP contribution in [0.4, 0.5) is 0 Å². The molecule has 2 fully saturated rings. The summed E-state index contributed by atoms with van der Waals surface area (Å²) in [6.07, 6.45) is 24.9. The average molecular weight is 555 g/mol. The van der Waals surface area contributed by atoms with Crippen LogP contribution in [0.5, 0.6) is 0 Å². The van der Waals surface area contributed by atoms with Crippen molar-refractivity contribution in [2.45, 2.75) is 147 Å². The van der Waals surface area contributed by atoms with Crippen molar-refractivity contribution in [1.29, 1.82) is 0 Å². The van der Waals surface area contributed by atoms with E-state index in [1.165, 1.54) is 114 Å². The summed E-state index contributed by atoms with van der Waals surface area (Å²) in [5, 5.41) is 8.85. The van der Waals surface area contributed by atoms with Crippen molar-refractivity contribution in [3.05, 3.63) is 70.8 Å². The maximum Gasteiger partial charge on any atom is 0.303 e. The quantitative estimate of drug-likeness (QED) is 0.176. The molecule has 0 aliphatic heterocycles. The number of carboxylic acids is 1. The maximum atomic E-state index is 10.7. The zero-order valence-corrected chi connectivity index (χ0v) is 25.8. The summed E-state index contributed by atoms with van der Waals surface area (Å²) in [6, 6.07) is 18.2. The molecule has 41 heavy (non-hydrogen) atoms. The van der Waals surface area contributed by atoms with E-state index >= 15 is 0 Å². The third kappa shape index (κ3) is 10.1. The molecule has 2 heteroatoms. The molecule has 1 N–H and O–H groups in total. The lowest BCUT2D eigenvalue weighted by Gasteiger charge is -2.30. The van der Waals surface area contributed by atoms with Crippen molar-refractivity contribution < 1.29 is 9.90 Å². The molecule has 0 bridgehead atoms. The highest BCUT2D eigenvalue weighted by Crippen LogP contribution is 2.45. The number of hydrogen-bond donors (Lipinski definition) is 1. The van der Waals surface area contributed by atoms with Gasteiger partial charge in [0, 0.05) is 17.5 Å². The van der Waals surface area contributed by atoms with Gasteiger partial charge in [-0.05, 0) is 104 Å². The van der Waals surface area contributed by atoms with Crippen molar-refractivity contribution in [3.8, 4) is 11.8 Å². The smallest absolute Gasteiger partial charge is 0.303 e. The molecule has 4 rings (SSSR count). The van der Waals surface area contributed by atoms with Crippen LogP contribution in [0.1, 0.15) is 164 Å². The molecule has 2 aliphatic carbocycles. The van der Waals surface area contributed by atoms with Gasteiger partial charge in [0.25, 0.3) is 0 Å². The second kappa shape index (κ2) is 16.8. The summed E-state index contributed by atoms with van der Waals surface area (Å²) in [7, 11) is 0. The molecule has 2 aliphatic rings. The van der Waals surface area contributed by atoms with E-state index in [4.69, 9.17) is 5.11 Å². The van der Waals surface area contributed by atoms with Crippen LogP contribution in [-0.2, 0) is 10.2 Å². The molecule has 0 amide bonds. The molecule has 0 radical (unpaired) electrons. The van der Waals surface area contributed by atoms with Gasteiger partial charge in [-0.25, -0.2) is 0 Å². The molecular formula is C39H54O2. The van der Waals surface area contributed by atoms with E-state index in [-0.39, 0.29) is 0 Å². The van der Waals surface area contributed by atoms with Crippen LogP contribution in [0.3, 0.4) is 0 Å². The molecule has 0 spiro atoms. The van der Waals surface area contributed by atoms with Crippen molar-refractivity contribution in [3.63, 3.8) is 0 Å². The minimum absolute atomic E-state index is 0.304. The molecule has 2 aromatic carbocycles. The van der Waals surface area contributed by atoms with Crippen LogP contribution >= 0.6 is 0 Å². The normalized spacial score (nSPS) is 19.9. The summed E-state index contributed by atoms with van der Waals surface area (Å²) in [5.74, 6) is 7.83. The molecule has 2 aromatic rings. The first-order valence-electron chi connectivity index (χ1n) is 17.0. The Hall–Kier alpha value is -2.53. The van der Waals surface area contributed by atoms with Gasteiger partial charge in [0.2, 0.25) is 0 Å². The fraction of sp³-hybridized carbons (Fsp3) is 0.615. The maximum absolute atomic E-state index is 10.7. The standard InChI is InChI=1S/C39H54O2/c1-2-3-4-5-8-13-32-17-23-35(24-18-32)36-25-19-33(20-26-36)15-16-34-21-27-37(28-22-34)39(30-11-12-31-39)29-10-7-6-9-14-38(40)41/h19-22,25-28,32,35H,2-14,17-18,23-24,29-31H2,1H3,(H,40,41)/t32-,35-.